The van der Waals surface area contributed by atoms with E-state index in [1.807, 2.05) is 49.9 Å². The highest BCUT2D eigenvalue weighted by Crippen LogP contribution is 2.35. The zero-order valence-corrected chi connectivity index (χ0v) is 19.6. The summed E-state index contributed by atoms with van der Waals surface area (Å²) in [7, 11) is 1.61. The number of nitrogens with zero attached hydrogens (tertiary/aromatic N) is 2. The van der Waals surface area contributed by atoms with Crippen LogP contribution in [0, 0.1) is 0 Å². The minimum Gasteiger partial charge on any atom is -0.493 e. The molecule has 3 rings (SSSR count). The van der Waals surface area contributed by atoms with Gasteiger partial charge in [-0.1, -0.05) is 26.0 Å². The standard InChI is InChI=1S/C24H32N2O4S/c1-5-17(3)26(23(27)6-2)15-24(28)25-13-11-22-18(12-14-31-22)19(25)16-30-21-10-8-7-9-20(21)29-4/h7-10,12,14,17,19H,5-6,11,13,15-16H2,1-4H3/t17-,19-/m0/s1. The van der Waals surface area contributed by atoms with Gasteiger partial charge in [-0.25, -0.2) is 0 Å². The Hall–Kier alpha value is -2.54. The second-order valence-electron chi connectivity index (χ2n) is 7.75. The first kappa shape index (κ1) is 23.1. The lowest BCUT2D eigenvalue weighted by Gasteiger charge is -2.38. The number of ether oxygens (including phenoxy) is 2. The number of fused-ring (bicyclic) bond motifs is 1. The third kappa shape index (κ3) is 5.21. The van der Waals surface area contributed by atoms with Crippen molar-refractivity contribution in [2.45, 2.75) is 52.1 Å². The number of carbonyl (C=O) groups is 2. The predicted molar refractivity (Wildman–Crippen MR) is 123 cm³/mol. The van der Waals surface area contributed by atoms with Crippen molar-refractivity contribution < 1.29 is 19.1 Å². The third-order valence-electron chi connectivity index (χ3n) is 5.93. The molecule has 168 valence electrons. The number of thiophene rings is 1. The minimum atomic E-state index is -0.192. The van der Waals surface area contributed by atoms with Gasteiger partial charge in [0.15, 0.2) is 11.5 Å². The molecule has 6 nitrogen and oxygen atoms in total. The van der Waals surface area contributed by atoms with Gasteiger partial charge in [0.1, 0.15) is 13.2 Å². The van der Waals surface area contributed by atoms with Crippen molar-refractivity contribution in [2.24, 2.45) is 0 Å². The molecule has 0 aliphatic carbocycles. The van der Waals surface area contributed by atoms with E-state index in [1.165, 1.54) is 4.88 Å². The molecule has 0 saturated carbocycles. The van der Waals surface area contributed by atoms with Crippen LogP contribution in [-0.2, 0) is 16.0 Å². The maximum atomic E-state index is 13.4. The fourth-order valence-corrected chi connectivity index (χ4v) is 4.86. The van der Waals surface area contributed by atoms with Gasteiger partial charge in [-0.15, -0.1) is 11.3 Å². The second kappa shape index (κ2) is 10.7. The first-order valence-corrected chi connectivity index (χ1v) is 11.8. The first-order valence-electron chi connectivity index (χ1n) is 10.9. The van der Waals surface area contributed by atoms with Crippen LogP contribution in [0.4, 0.5) is 0 Å². The number of methoxy groups -OCH3 is 1. The number of benzene rings is 1. The molecule has 0 radical (unpaired) electrons. The van der Waals surface area contributed by atoms with E-state index in [9.17, 15) is 9.59 Å². The first-order chi connectivity index (χ1) is 15.0. The van der Waals surface area contributed by atoms with Crippen LogP contribution in [0.1, 0.15) is 50.1 Å². The summed E-state index contributed by atoms with van der Waals surface area (Å²) in [5.74, 6) is 1.30. The van der Waals surface area contributed by atoms with Gasteiger partial charge in [0.2, 0.25) is 11.8 Å². The lowest BCUT2D eigenvalue weighted by molar-refractivity contribution is -0.144. The maximum Gasteiger partial charge on any atom is 0.242 e. The molecule has 7 heteroatoms. The minimum absolute atomic E-state index is 0.0118. The van der Waals surface area contributed by atoms with Gasteiger partial charge in [0, 0.05) is 23.9 Å². The van der Waals surface area contributed by atoms with E-state index in [0.717, 1.165) is 18.4 Å². The van der Waals surface area contributed by atoms with Gasteiger partial charge < -0.3 is 19.3 Å². The lowest BCUT2D eigenvalue weighted by atomic mass is 10.00. The molecule has 1 aromatic carbocycles. The Morgan fingerprint density at radius 1 is 1.23 bits per heavy atom. The van der Waals surface area contributed by atoms with E-state index in [1.54, 1.807) is 23.3 Å². The molecule has 2 amide bonds. The van der Waals surface area contributed by atoms with Crippen LogP contribution in [0.25, 0.3) is 0 Å². The summed E-state index contributed by atoms with van der Waals surface area (Å²) in [5, 5.41) is 2.07. The average Bonchev–Trinajstić information content (AvgIpc) is 3.29. The van der Waals surface area contributed by atoms with E-state index in [0.29, 0.717) is 31.1 Å². The number of hydrogen-bond acceptors (Lipinski definition) is 5. The van der Waals surface area contributed by atoms with E-state index < -0.39 is 0 Å². The highest BCUT2D eigenvalue weighted by atomic mass is 32.1. The third-order valence-corrected chi connectivity index (χ3v) is 6.93. The average molecular weight is 445 g/mol. The number of rotatable bonds is 9. The van der Waals surface area contributed by atoms with Crippen molar-refractivity contribution in [1.29, 1.82) is 0 Å². The monoisotopic (exact) mass is 444 g/mol. The van der Waals surface area contributed by atoms with Crippen molar-refractivity contribution in [3.05, 3.63) is 46.2 Å². The summed E-state index contributed by atoms with van der Waals surface area (Å²) in [5.41, 5.74) is 1.14. The molecule has 2 heterocycles. The highest BCUT2D eigenvalue weighted by Gasteiger charge is 2.34. The Bertz CT molecular complexity index is 897. The van der Waals surface area contributed by atoms with Crippen LogP contribution in [0.5, 0.6) is 11.5 Å². The summed E-state index contributed by atoms with van der Waals surface area (Å²) in [6.45, 7) is 6.93. The van der Waals surface area contributed by atoms with Gasteiger partial charge in [-0.05, 0) is 48.9 Å². The summed E-state index contributed by atoms with van der Waals surface area (Å²) < 4.78 is 11.5. The fraction of sp³-hybridized carbons (Fsp3) is 0.500. The van der Waals surface area contributed by atoms with Crippen LogP contribution in [0.2, 0.25) is 0 Å². The fourth-order valence-electron chi connectivity index (χ4n) is 3.93. The van der Waals surface area contributed by atoms with Crippen LogP contribution in [-0.4, -0.2) is 54.5 Å². The molecule has 0 spiro atoms. The van der Waals surface area contributed by atoms with Crippen molar-refractivity contribution in [2.75, 3.05) is 26.8 Å². The zero-order chi connectivity index (χ0) is 22.4. The van der Waals surface area contributed by atoms with Gasteiger partial charge in [-0.3, -0.25) is 9.59 Å². The van der Waals surface area contributed by atoms with E-state index >= 15 is 0 Å². The molecule has 0 bridgehead atoms. The molecule has 0 fully saturated rings. The molecule has 2 atom stereocenters. The zero-order valence-electron chi connectivity index (χ0n) is 18.8. The quantitative estimate of drug-likeness (QED) is 0.579. The predicted octanol–water partition coefficient (Wildman–Crippen LogP) is 4.30. The number of para-hydroxylation sites is 2. The largest absolute Gasteiger partial charge is 0.493 e. The van der Waals surface area contributed by atoms with Gasteiger partial charge in [-0.2, -0.15) is 0 Å². The number of hydrogen-bond donors (Lipinski definition) is 0. The molecule has 2 aromatic rings. The van der Waals surface area contributed by atoms with Gasteiger partial charge in [0.25, 0.3) is 0 Å². The summed E-state index contributed by atoms with van der Waals surface area (Å²) >= 11 is 1.72. The normalized spacial score (nSPS) is 16.4. The Morgan fingerprint density at radius 3 is 2.65 bits per heavy atom. The molecular weight excluding hydrogens is 412 g/mol. The molecular formula is C24H32N2O4S. The van der Waals surface area contributed by atoms with Crippen LogP contribution < -0.4 is 9.47 Å². The van der Waals surface area contributed by atoms with Crippen LogP contribution >= 0.6 is 11.3 Å². The molecule has 1 aliphatic rings. The Kier molecular flexibility index (Phi) is 7.96. The van der Waals surface area contributed by atoms with Crippen molar-refractivity contribution >= 4 is 23.2 Å². The van der Waals surface area contributed by atoms with Crippen LogP contribution in [0.3, 0.4) is 0 Å². The Balaban J connectivity index is 1.80. The van der Waals surface area contributed by atoms with Crippen molar-refractivity contribution in [1.82, 2.24) is 9.80 Å². The van der Waals surface area contributed by atoms with E-state index in [-0.39, 0.29) is 30.4 Å². The highest BCUT2D eigenvalue weighted by molar-refractivity contribution is 7.10. The number of amides is 2. The topological polar surface area (TPSA) is 59.1 Å². The molecule has 1 aromatic heterocycles. The molecule has 0 unspecified atom stereocenters. The van der Waals surface area contributed by atoms with Gasteiger partial charge in [0.05, 0.1) is 13.2 Å². The molecule has 1 aliphatic heterocycles. The number of carbonyl (C=O) groups excluding carboxylic acids is 2. The van der Waals surface area contributed by atoms with E-state index in [4.69, 9.17) is 9.47 Å². The van der Waals surface area contributed by atoms with E-state index in [2.05, 4.69) is 11.4 Å². The van der Waals surface area contributed by atoms with Gasteiger partial charge >= 0.3 is 0 Å². The van der Waals surface area contributed by atoms with Crippen molar-refractivity contribution in [3.8, 4) is 11.5 Å². The lowest BCUT2D eigenvalue weighted by Crippen LogP contribution is -2.49. The molecule has 0 saturated heterocycles. The Morgan fingerprint density at radius 2 is 1.97 bits per heavy atom. The molecule has 31 heavy (non-hydrogen) atoms. The summed E-state index contributed by atoms with van der Waals surface area (Å²) in [6.07, 6.45) is 2.04. The smallest absolute Gasteiger partial charge is 0.242 e. The SMILES string of the molecule is CCC(=O)N(CC(=O)N1CCc2sccc2[C@@H]1COc1ccccc1OC)[C@@H](C)CC. The molecule has 0 N–H and O–H groups in total. The maximum absolute atomic E-state index is 13.4. The second-order valence-corrected chi connectivity index (χ2v) is 8.75. The summed E-state index contributed by atoms with van der Waals surface area (Å²) in [6, 6.07) is 9.44. The van der Waals surface area contributed by atoms with Crippen molar-refractivity contribution in [3.63, 3.8) is 0 Å². The summed E-state index contributed by atoms with van der Waals surface area (Å²) in [4.78, 5) is 30.7. The van der Waals surface area contributed by atoms with Crippen LogP contribution in [0.15, 0.2) is 35.7 Å². The Labute approximate surface area is 188 Å².